The molecule has 0 amide bonds. The summed E-state index contributed by atoms with van der Waals surface area (Å²) in [6, 6.07) is 50.7. The molecule has 0 heterocycles. The third kappa shape index (κ3) is 4.33. The number of hydrogen-bond donors (Lipinski definition) is 0. The quantitative estimate of drug-likeness (QED) is 0.231. The van der Waals surface area contributed by atoms with Crippen LogP contribution in [0.1, 0.15) is 26.3 Å². The Labute approximate surface area is 226 Å². The van der Waals surface area contributed by atoms with Crippen molar-refractivity contribution in [2.45, 2.75) is 26.2 Å². The van der Waals surface area contributed by atoms with E-state index in [1.165, 1.54) is 60.8 Å². The maximum absolute atomic E-state index is 2.44. The van der Waals surface area contributed by atoms with E-state index in [2.05, 4.69) is 160 Å². The molecule has 0 spiro atoms. The summed E-state index contributed by atoms with van der Waals surface area (Å²) in [5.74, 6) is 0. The Bertz CT molecular complexity index is 1690. The molecule has 0 aromatic heterocycles. The lowest BCUT2D eigenvalue weighted by Gasteiger charge is -2.26. The first-order chi connectivity index (χ1) is 18.5. The highest BCUT2D eigenvalue weighted by Crippen LogP contribution is 2.51. The number of fused-ring (bicyclic) bond motifs is 1. The van der Waals surface area contributed by atoms with Crippen molar-refractivity contribution >= 4 is 10.8 Å². The number of hydrogen-bond acceptors (Lipinski definition) is 0. The maximum atomic E-state index is 2.44. The molecule has 0 aliphatic carbocycles. The second kappa shape index (κ2) is 9.80. The van der Waals surface area contributed by atoms with Crippen LogP contribution in [-0.4, -0.2) is 0 Å². The van der Waals surface area contributed by atoms with Crippen LogP contribution in [-0.2, 0) is 5.41 Å². The van der Waals surface area contributed by atoms with Crippen LogP contribution in [0.25, 0.3) is 55.3 Å². The first-order valence-corrected chi connectivity index (χ1v) is 13.4. The van der Waals surface area contributed by atoms with Gasteiger partial charge in [0.05, 0.1) is 0 Å². The molecular formula is C38H32. The Kier molecular flexibility index (Phi) is 6.18. The highest BCUT2D eigenvalue weighted by Gasteiger charge is 2.25. The zero-order valence-electron chi connectivity index (χ0n) is 22.3. The maximum Gasteiger partial charge on any atom is -0.00141 e. The van der Waals surface area contributed by atoms with Crippen LogP contribution in [0.15, 0.2) is 140 Å². The van der Waals surface area contributed by atoms with E-state index in [1.54, 1.807) is 0 Å². The van der Waals surface area contributed by atoms with E-state index in [0.717, 1.165) is 0 Å². The van der Waals surface area contributed by atoms with E-state index < -0.39 is 0 Å². The van der Waals surface area contributed by atoms with Gasteiger partial charge in [0.25, 0.3) is 0 Å². The Morgan fingerprint density at radius 2 is 0.684 bits per heavy atom. The molecule has 0 atom stereocenters. The van der Waals surface area contributed by atoms with Gasteiger partial charge in [0.1, 0.15) is 0 Å². The Hall–Kier alpha value is -4.42. The Morgan fingerprint density at radius 1 is 0.342 bits per heavy atom. The molecule has 0 saturated carbocycles. The second-order valence-corrected chi connectivity index (χ2v) is 11.0. The molecule has 38 heavy (non-hydrogen) atoms. The van der Waals surface area contributed by atoms with E-state index >= 15 is 0 Å². The van der Waals surface area contributed by atoms with Crippen LogP contribution in [0, 0.1) is 0 Å². The molecule has 0 aliphatic rings. The predicted molar refractivity (Wildman–Crippen MR) is 164 cm³/mol. The van der Waals surface area contributed by atoms with Gasteiger partial charge in [-0.25, -0.2) is 0 Å². The van der Waals surface area contributed by atoms with E-state index in [1.807, 2.05) is 0 Å². The van der Waals surface area contributed by atoms with Crippen molar-refractivity contribution in [2.75, 3.05) is 0 Å². The molecular weight excluding hydrogens is 456 g/mol. The predicted octanol–water partition coefficient (Wildman–Crippen LogP) is 10.8. The fraction of sp³-hybridized carbons (Fsp3) is 0.105. The summed E-state index contributed by atoms with van der Waals surface area (Å²) in [5, 5.41) is 2.57. The molecule has 6 rings (SSSR count). The molecule has 0 N–H and O–H groups in total. The van der Waals surface area contributed by atoms with Gasteiger partial charge < -0.3 is 0 Å². The zero-order chi connectivity index (χ0) is 26.1. The SMILES string of the molecule is CC(C)(C)c1ccc2c(-c3ccccc3)c(-c3ccccc3)c(-c3ccccc3)c(-c3ccccc3)c2c1. The van der Waals surface area contributed by atoms with Crippen LogP contribution >= 0.6 is 0 Å². The molecule has 0 unspecified atom stereocenters. The summed E-state index contributed by atoms with van der Waals surface area (Å²) in [7, 11) is 0. The van der Waals surface area contributed by atoms with Crippen LogP contribution in [0.5, 0.6) is 0 Å². The molecule has 0 aliphatic heterocycles. The molecule has 0 nitrogen and oxygen atoms in total. The molecule has 0 saturated heterocycles. The normalized spacial score (nSPS) is 11.6. The summed E-state index contributed by atoms with van der Waals surface area (Å²) in [6.45, 7) is 6.89. The standard InChI is InChI=1S/C38H32/c1-38(2,3)31-24-25-32-33(26-31)35(28-18-10-5-11-19-28)37(30-22-14-7-15-23-30)36(29-20-12-6-13-21-29)34(32)27-16-8-4-9-17-27/h4-26H,1-3H3. The first-order valence-electron chi connectivity index (χ1n) is 13.4. The minimum atomic E-state index is 0.0417. The molecule has 184 valence electrons. The average molecular weight is 489 g/mol. The Morgan fingerprint density at radius 3 is 1.05 bits per heavy atom. The van der Waals surface area contributed by atoms with Crippen molar-refractivity contribution in [3.63, 3.8) is 0 Å². The van der Waals surface area contributed by atoms with E-state index in [9.17, 15) is 0 Å². The molecule has 0 fully saturated rings. The van der Waals surface area contributed by atoms with Gasteiger partial charge in [-0.15, -0.1) is 0 Å². The third-order valence-electron chi connectivity index (χ3n) is 7.42. The monoisotopic (exact) mass is 488 g/mol. The highest BCUT2D eigenvalue weighted by molar-refractivity contribution is 6.18. The number of benzene rings is 6. The van der Waals surface area contributed by atoms with Crippen LogP contribution in [0.4, 0.5) is 0 Å². The number of rotatable bonds is 4. The molecule has 6 aromatic rings. The average Bonchev–Trinajstić information content (AvgIpc) is 2.97. The molecule has 6 aromatic carbocycles. The van der Waals surface area contributed by atoms with Gasteiger partial charge >= 0.3 is 0 Å². The largest absolute Gasteiger partial charge is 0.0622 e. The lowest BCUT2D eigenvalue weighted by molar-refractivity contribution is 0.591. The van der Waals surface area contributed by atoms with Crippen molar-refractivity contribution in [1.29, 1.82) is 0 Å². The van der Waals surface area contributed by atoms with Crippen molar-refractivity contribution in [3.05, 3.63) is 145 Å². The van der Waals surface area contributed by atoms with E-state index in [-0.39, 0.29) is 5.41 Å². The molecule has 0 heteroatoms. The van der Waals surface area contributed by atoms with Crippen molar-refractivity contribution in [2.24, 2.45) is 0 Å². The lowest BCUT2D eigenvalue weighted by atomic mass is 9.77. The van der Waals surface area contributed by atoms with Crippen molar-refractivity contribution < 1.29 is 0 Å². The fourth-order valence-electron chi connectivity index (χ4n) is 5.55. The van der Waals surface area contributed by atoms with Gasteiger partial charge in [-0.2, -0.15) is 0 Å². The summed E-state index contributed by atoms with van der Waals surface area (Å²) < 4.78 is 0. The van der Waals surface area contributed by atoms with Gasteiger partial charge in [-0.1, -0.05) is 154 Å². The summed E-state index contributed by atoms with van der Waals surface area (Å²) in [4.78, 5) is 0. The van der Waals surface area contributed by atoms with Gasteiger partial charge in [-0.05, 0) is 72.3 Å². The molecule has 0 bridgehead atoms. The van der Waals surface area contributed by atoms with Crippen LogP contribution in [0.2, 0.25) is 0 Å². The van der Waals surface area contributed by atoms with Crippen molar-refractivity contribution in [3.8, 4) is 44.5 Å². The third-order valence-corrected chi connectivity index (χ3v) is 7.42. The van der Waals surface area contributed by atoms with Gasteiger partial charge in [0.15, 0.2) is 0 Å². The zero-order valence-corrected chi connectivity index (χ0v) is 22.3. The second-order valence-electron chi connectivity index (χ2n) is 11.0. The fourth-order valence-corrected chi connectivity index (χ4v) is 5.55. The smallest absolute Gasteiger partial charge is 0.00141 e. The van der Waals surface area contributed by atoms with Crippen molar-refractivity contribution in [1.82, 2.24) is 0 Å². The summed E-state index contributed by atoms with van der Waals surface area (Å²) in [5.41, 5.74) is 11.4. The van der Waals surface area contributed by atoms with E-state index in [4.69, 9.17) is 0 Å². The first kappa shape index (κ1) is 23.9. The van der Waals surface area contributed by atoms with E-state index in [0.29, 0.717) is 0 Å². The Balaban J connectivity index is 1.91. The topological polar surface area (TPSA) is 0 Å². The minimum absolute atomic E-state index is 0.0417. The lowest BCUT2D eigenvalue weighted by Crippen LogP contribution is -2.11. The van der Waals surface area contributed by atoms with Crippen LogP contribution in [0.3, 0.4) is 0 Å². The molecule has 0 radical (unpaired) electrons. The minimum Gasteiger partial charge on any atom is -0.0622 e. The summed E-state index contributed by atoms with van der Waals surface area (Å²) >= 11 is 0. The van der Waals surface area contributed by atoms with Gasteiger partial charge in [-0.3, -0.25) is 0 Å². The summed E-state index contributed by atoms with van der Waals surface area (Å²) in [6.07, 6.45) is 0. The van der Waals surface area contributed by atoms with Gasteiger partial charge in [0, 0.05) is 0 Å². The highest BCUT2D eigenvalue weighted by atomic mass is 14.3. The van der Waals surface area contributed by atoms with Gasteiger partial charge in [0.2, 0.25) is 0 Å². The van der Waals surface area contributed by atoms with Crippen LogP contribution < -0.4 is 0 Å².